The fourth-order valence-corrected chi connectivity index (χ4v) is 3.76. The van der Waals surface area contributed by atoms with Crippen molar-refractivity contribution in [2.24, 2.45) is 0 Å². The first kappa shape index (κ1) is 12.1. The number of nitrogens with zero attached hydrogens (tertiary/aromatic N) is 1. The molecule has 0 N–H and O–H groups in total. The van der Waals surface area contributed by atoms with E-state index in [1.54, 1.807) is 4.90 Å². The predicted octanol–water partition coefficient (Wildman–Crippen LogP) is 3.62. The minimum absolute atomic E-state index is 0.0120. The summed E-state index contributed by atoms with van der Waals surface area (Å²) in [6.07, 6.45) is 1.84. The molecule has 0 unspecified atom stereocenters. The summed E-state index contributed by atoms with van der Waals surface area (Å²) in [6.45, 7) is 2.53. The number of hydrogen-bond acceptors (Lipinski definition) is 4. The van der Waals surface area contributed by atoms with Crippen molar-refractivity contribution in [2.45, 2.75) is 6.92 Å². The van der Waals surface area contributed by atoms with Crippen LogP contribution >= 0.6 is 46.9 Å². The Morgan fingerprint density at radius 3 is 2.81 bits per heavy atom. The predicted molar refractivity (Wildman–Crippen MR) is 74.9 cm³/mol. The van der Waals surface area contributed by atoms with E-state index in [-0.39, 0.29) is 5.91 Å². The van der Waals surface area contributed by atoms with Gasteiger partial charge in [0, 0.05) is 11.4 Å². The molecule has 1 aliphatic rings. The van der Waals surface area contributed by atoms with Crippen LogP contribution in [0.1, 0.15) is 11.8 Å². The highest BCUT2D eigenvalue weighted by molar-refractivity contribution is 8.26. The SMILES string of the molecule is CCN1C(=O)/C(=C\c2ccc(Cl)s2)SC1=S. The molecule has 0 aromatic carbocycles. The molecule has 2 rings (SSSR count). The number of halogens is 1. The average molecular weight is 290 g/mol. The molecule has 1 aliphatic heterocycles. The number of thioether (sulfide) groups is 1. The number of thiocarbonyl (C=S) groups is 1. The molecule has 0 atom stereocenters. The van der Waals surface area contributed by atoms with Gasteiger partial charge in [-0.2, -0.15) is 0 Å². The Labute approximate surface area is 112 Å². The summed E-state index contributed by atoms with van der Waals surface area (Å²) in [5.41, 5.74) is 0. The fourth-order valence-electron chi connectivity index (χ4n) is 1.31. The van der Waals surface area contributed by atoms with Crippen LogP contribution in [0.3, 0.4) is 0 Å². The van der Waals surface area contributed by atoms with Crippen LogP contribution in [0, 0.1) is 0 Å². The van der Waals surface area contributed by atoms with Gasteiger partial charge in [-0.15, -0.1) is 11.3 Å². The zero-order valence-electron chi connectivity index (χ0n) is 8.40. The van der Waals surface area contributed by atoms with Crippen LogP contribution in [0.5, 0.6) is 0 Å². The smallest absolute Gasteiger partial charge is 0.266 e. The van der Waals surface area contributed by atoms with Gasteiger partial charge >= 0.3 is 0 Å². The number of carbonyl (C=O) groups is 1. The van der Waals surface area contributed by atoms with Crippen molar-refractivity contribution >= 4 is 63.2 Å². The van der Waals surface area contributed by atoms with Crippen molar-refractivity contribution in [1.29, 1.82) is 0 Å². The van der Waals surface area contributed by atoms with Gasteiger partial charge in [0.05, 0.1) is 9.24 Å². The largest absolute Gasteiger partial charge is 0.293 e. The number of amides is 1. The Balaban J connectivity index is 2.27. The lowest BCUT2D eigenvalue weighted by Gasteiger charge is -2.09. The molecule has 1 fully saturated rings. The van der Waals surface area contributed by atoms with Gasteiger partial charge in [-0.25, -0.2) is 0 Å². The van der Waals surface area contributed by atoms with Crippen LogP contribution in [0.25, 0.3) is 6.08 Å². The third-order valence-corrected chi connectivity index (χ3v) is 4.61. The first-order chi connectivity index (χ1) is 7.61. The molecule has 1 amide bonds. The van der Waals surface area contributed by atoms with Crippen molar-refractivity contribution in [2.75, 3.05) is 6.54 Å². The summed E-state index contributed by atoms with van der Waals surface area (Å²) in [5, 5.41) is 0. The number of thiophene rings is 1. The monoisotopic (exact) mass is 289 g/mol. The van der Waals surface area contributed by atoms with E-state index >= 15 is 0 Å². The summed E-state index contributed by atoms with van der Waals surface area (Å²) < 4.78 is 1.35. The molecular formula is C10H8ClNOS3. The molecule has 1 aromatic heterocycles. The Kier molecular flexibility index (Phi) is 3.69. The maximum atomic E-state index is 11.9. The van der Waals surface area contributed by atoms with Gasteiger partial charge in [0.15, 0.2) is 0 Å². The molecule has 0 radical (unpaired) electrons. The van der Waals surface area contributed by atoms with E-state index in [1.807, 2.05) is 25.1 Å². The Morgan fingerprint density at radius 1 is 1.56 bits per heavy atom. The van der Waals surface area contributed by atoms with Gasteiger partial charge in [-0.3, -0.25) is 9.69 Å². The van der Waals surface area contributed by atoms with Crippen molar-refractivity contribution in [3.63, 3.8) is 0 Å². The fraction of sp³-hybridized carbons (Fsp3) is 0.200. The van der Waals surface area contributed by atoms with E-state index in [0.29, 0.717) is 15.8 Å². The Hall–Kier alpha value is -0.360. The van der Waals surface area contributed by atoms with Gasteiger partial charge in [0.2, 0.25) is 0 Å². The molecule has 0 spiro atoms. The van der Waals surface area contributed by atoms with Gasteiger partial charge in [-0.1, -0.05) is 35.6 Å². The second-order valence-corrected chi connectivity index (χ2v) is 6.49. The van der Waals surface area contributed by atoms with Crippen LogP contribution in [-0.2, 0) is 4.79 Å². The number of hydrogen-bond donors (Lipinski definition) is 0. The van der Waals surface area contributed by atoms with Crippen LogP contribution < -0.4 is 0 Å². The highest BCUT2D eigenvalue weighted by Gasteiger charge is 2.30. The van der Waals surface area contributed by atoms with E-state index < -0.39 is 0 Å². The van der Waals surface area contributed by atoms with Crippen molar-refractivity contribution in [1.82, 2.24) is 4.90 Å². The van der Waals surface area contributed by atoms with E-state index in [0.717, 1.165) is 9.21 Å². The minimum atomic E-state index is -0.0120. The molecule has 6 heteroatoms. The normalized spacial score (nSPS) is 18.9. The summed E-state index contributed by atoms with van der Waals surface area (Å²) in [7, 11) is 0. The zero-order chi connectivity index (χ0) is 11.7. The molecule has 2 nitrogen and oxygen atoms in total. The van der Waals surface area contributed by atoms with Gasteiger partial charge in [-0.05, 0) is 25.1 Å². The first-order valence-electron chi connectivity index (χ1n) is 4.62. The maximum absolute atomic E-state index is 11.9. The highest BCUT2D eigenvalue weighted by atomic mass is 35.5. The van der Waals surface area contributed by atoms with Crippen molar-refractivity contribution < 1.29 is 4.79 Å². The minimum Gasteiger partial charge on any atom is -0.293 e. The molecule has 0 saturated carbocycles. The van der Waals surface area contributed by atoms with Crippen LogP contribution in [-0.4, -0.2) is 21.7 Å². The van der Waals surface area contributed by atoms with Crippen LogP contribution in [0.15, 0.2) is 17.0 Å². The topological polar surface area (TPSA) is 20.3 Å². The number of carbonyl (C=O) groups excluding carboxylic acids is 1. The molecule has 2 heterocycles. The third-order valence-electron chi connectivity index (χ3n) is 2.06. The van der Waals surface area contributed by atoms with E-state index in [4.69, 9.17) is 23.8 Å². The lowest BCUT2D eigenvalue weighted by molar-refractivity contribution is -0.121. The molecule has 1 aromatic rings. The van der Waals surface area contributed by atoms with E-state index in [9.17, 15) is 4.79 Å². The van der Waals surface area contributed by atoms with Gasteiger partial charge in [0.25, 0.3) is 5.91 Å². The summed E-state index contributed by atoms with van der Waals surface area (Å²) in [5.74, 6) is -0.0120. The lowest BCUT2D eigenvalue weighted by Crippen LogP contribution is -2.27. The second-order valence-electron chi connectivity index (χ2n) is 3.07. The summed E-state index contributed by atoms with van der Waals surface area (Å²) in [4.78, 5) is 15.1. The molecule has 16 heavy (non-hydrogen) atoms. The third kappa shape index (κ3) is 2.32. The van der Waals surface area contributed by atoms with Crippen LogP contribution in [0.4, 0.5) is 0 Å². The highest BCUT2D eigenvalue weighted by Crippen LogP contribution is 2.34. The summed E-state index contributed by atoms with van der Waals surface area (Å²) in [6, 6.07) is 3.71. The molecular weight excluding hydrogens is 282 g/mol. The van der Waals surface area contributed by atoms with Crippen LogP contribution in [0.2, 0.25) is 4.34 Å². The first-order valence-corrected chi connectivity index (χ1v) is 7.04. The second kappa shape index (κ2) is 4.87. The summed E-state index contributed by atoms with van der Waals surface area (Å²) >= 11 is 13.7. The Morgan fingerprint density at radius 2 is 2.31 bits per heavy atom. The van der Waals surface area contributed by atoms with E-state index in [1.165, 1.54) is 23.1 Å². The van der Waals surface area contributed by atoms with Gasteiger partial charge in [0.1, 0.15) is 4.32 Å². The molecule has 84 valence electrons. The molecule has 1 saturated heterocycles. The van der Waals surface area contributed by atoms with Gasteiger partial charge < -0.3 is 0 Å². The van der Waals surface area contributed by atoms with E-state index in [2.05, 4.69) is 0 Å². The average Bonchev–Trinajstić information content (AvgIpc) is 2.74. The lowest BCUT2D eigenvalue weighted by atomic mass is 10.4. The van der Waals surface area contributed by atoms with Crippen molar-refractivity contribution in [3.05, 3.63) is 26.3 Å². The number of likely N-dealkylation sites (N-methyl/N-ethyl adjacent to an activating group) is 1. The maximum Gasteiger partial charge on any atom is 0.266 e. The Bertz CT molecular complexity index is 480. The molecule has 0 aliphatic carbocycles. The van der Waals surface area contributed by atoms with Crippen molar-refractivity contribution in [3.8, 4) is 0 Å². The molecule has 0 bridgehead atoms. The number of rotatable bonds is 2. The standard InChI is InChI=1S/C10H8ClNOS3/c1-2-12-9(13)7(16-10(12)14)5-6-3-4-8(11)15-6/h3-5H,2H2,1H3/b7-5+. The zero-order valence-corrected chi connectivity index (χ0v) is 11.6. The quantitative estimate of drug-likeness (QED) is 0.613.